The summed E-state index contributed by atoms with van der Waals surface area (Å²) in [5.74, 6) is -0.0748. The van der Waals surface area contributed by atoms with E-state index in [-0.39, 0.29) is 23.8 Å². The van der Waals surface area contributed by atoms with Gasteiger partial charge in [-0.1, -0.05) is 43.2 Å². The predicted molar refractivity (Wildman–Crippen MR) is 125 cm³/mol. The number of fused-ring (bicyclic) bond motifs is 3. The highest BCUT2D eigenvalue weighted by Crippen LogP contribution is 2.43. The van der Waals surface area contributed by atoms with Crippen molar-refractivity contribution in [3.8, 4) is 0 Å². The van der Waals surface area contributed by atoms with Crippen molar-refractivity contribution in [1.82, 2.24) is 9.97 Å². The zero-order valence-corrected chi connectivity index (χ0v) is 19.4. The van der Waals surface area contributed by atoms with Crippen molar-refractivity contribution in [2.75, 3.05) is 31.5 Å². The monoisotopic (exact) mass is 465 g/mol. The maximum absolute atomic E-state index is 13.6. The molecule has 1 saturated carbocycles. The largest absolute Gasteiger partial charge is 0.454 e. The molecule has 3 aliphatic heterocycles. The van der Waals surface area contributed by atoms with Crippen molar-refractivity contribution in [2.24, 2.45) is 11.8 Å². The third kappa shape index (κ3) is 4.44. The van der Waals surface area contributed by atoms with Crippen LogP contribution in [-0.4, -0.2) is 63.7 Å². The highest BCUT2D eigenvalue weighted by atomic mass is 16.6. The summed E-state index contributed by atoms with van der Waals surface area (Å²) in [5.41, 5.74) is -1.02. The Hall–Kier alpha value is -2.84. The smallest absolute Gasteiger partial charge is 0.343 e. The molecule has 1 aliphatic carbocycles. The lowest BCUT2D eigenvalue weighted by molar-refractivity contribution is -0.939. The van der Waals surface area contributed by atoms with E-state index in [9.17, 15) is 14.7 Å². The van der Waals surface area contributed by atoms with Crippen LogP contribution in [-0.2, 0) is 19.9 Å². The number of hydrogen-bond acceptors (Lipinski definition) is 6. The van der Waals surface area contributed by atoms with E-state index in [1.165, 1.54) is 6.20 Å². The number of quaternary nitrogens is 1. The van der Waals surface area contributed by atoms with Gasteiger partial charge in [0.2, 0.25) is 0 Å². The molecule has 8 nitrogen and oxygen atoms in total. The molecule has 2 atom stereocenters. The Balaban J connectivity index is 1.30. The van der Waals surface area contributed by atoms with Crippen LogP contribution in [0.15, 0.2) is 48.9 Å². The van der Waals surface area contributed by atoms with Crippen LogP contribution in [0.5, 0.6) is 0 Å². The van der Waals surface area contributed by atoms with Gasteiger partial charge in [0.25, 0.3) is 5.91 Å². The number of carbonyl (C=O) groups excluding carboxylic acids is 2. The predicted octanol–water partition coefficient (Wildman–Crippen LogP) is 2.65. The summed E-state index contributed by atoms with van der Waals surface area (Å²) in [5, 5.41) is 14.6. The lowest BCUT2D eigenvalue weighted by atomic mass is 9.79. The van der Waals surface area contributed by atoms with Crippen LogP contribution in [0, 0.1) is 11.8 Å². The number of piperidine rings is 3. The van der Waals surface area contributed by atoms with E-state index >= 15 is 0 Å². The van der Waals surface area contributed by atoms with Crippen LogP contribution >= 0.6 is 0 Å². The van der Waals surface area contributed by atoms with E-state index in [1.54, 1.807) is 12.4 Å². The molecule has 1 amide bonds. The number of hydrogen-bond donors (Lipinski definition) is 2. The van der Waals surface area contributed by atoms with Gasteiger partial charge in [-0.05, 0) is 18.4 Å². The van der Waals surface area contributed by atoms with Crippen LogP contribution in [0.2, 0.25) is 0 Å². The highest BCUT2D eigenvalue weighted by molar-refractivity contribution is 5.90. The van der Waals surface area contributed by atoms with Crippen molar-refractivity contribution in [2.45, 2.75) is 50.2 Å². The molecule has 6 rings (SSSR count). The number of esters is 1. The molecule has 8 heteroatoms. The minimum Gasteiger partial charge on any atom is -0.454 e. The Morgan fingerprint density at radius 2 is 1.82 bits per heavy atom. The van der Waals surface area contributed by atoms with Gasteiger partial charge in [-0.3, -0.25) is 9.78 Å². The number of anilines is 1. The molecule has 34 heavy (non-hydrogen) atoms. The highest BCUT2D eigenvalue weighted by Gasteiger charge is 2.53. The van der Waals surface area contributed by atoms with Crippen molar-refractivity contribution in [3.05, 3.63) is 54.5 Å². The van der Waals surface area contributed by atoms with Crippen molar-refractivity contribution < 1.29 is 23.9 Å². The van der Waals surface area contributed by atoms with Gasteiger partial charge >= 0.3 is 5.97 Å². The van der Waals surface area contributed by atoms with Gasteiger partial charge < -0.3 is 19.6 Å². The molecule has 3 saturated heterocycles. The summed E-state index contributed by atoms with van der Waals surface area (Å²) in [6, 6.07) is 9.23. The number of benzene rings is 1. The Labute approximate surface area is 199 Å². The normalized spacial score (nSPS) is 28.3. The van der Waals surface area contributed by atoms with E-state index in [4.69, 9.17) is 4.74 Å². The average Bonchev–Trinajstić information content (AvgIpc) is 3.40. The number of amides is 1. The molecule has 4 heterocycles. The summed E-state index contributed by atoms with van der Waals surface area (Å²) < 4.78 is 6.71. The van der Waals surface area contributed by atoms with Crippen LogP contribution in [0.3, 0.4) is 0 Å². The summed E-state index contributed by atoms with van der Waals surface area (Å²) >= 11 is 0. The molecule has 2 bridgehead atoms. The molecule has 0 radical (unpaired) electrons. The number of aliphatic hydroxyl groups is 1. The second-order valence-corrected chi connectivity index (χ2v) is 10.2. The summed E-state index contributed by atoms with van der Waals surface area (Å²) in [7, 11) is 0. The zero-order valence-electron chi connectivity index (χ0n) is 19.4. The van der Waals surface area contributed by atoms with Crippen LogP contribution in [0.25, 0.3) is 0 Å². The quantitative estimate of drug-likeness (QED) is 0.482. The summed E-state index contributed by atoms with van der Waals surface area (Å²) in [6.45, 7) is 2.68. The van der Waals surface area contributed by atoms with E-state index in [2.05, 4.69) is 15.3 Å². The van der Waals surface area contributed by atoms with Gasteiger partial charge in [0, 0.05) is 37.1 Å². The lowest BCUT2D eigenvalue weighted by Crippen LogP contribution is -2.66. The van der Waals surface area contributed by atoms with Crippen LogP contribution in [0.4, 0.5) is 5.82 Å². The van der Waals surface area contributed by atoms with Gasteiger partial charge in [-0.2, -0.15) is 0 Å². The average molecular weight is 466 g/mol. The minimum atomic E-state index is -1.63. The van der Waals surface area contributed by atoms with Crippen molar-refractivity contribution >= 4 is 17.7 Å². The number of aromatic nitrogens is 2. The maximum atomic E-state index is 13.6. The van der Waals surface area contributed by atoms with Crippen molar-refractivity contribution in [3.63, 3.8) is 0 Å². The van der Waals surface area contributed by atoms with E-state index in [0.717, 1.165) is 51.6 Å². The van der Waals surface area contributed by atoms with Gasteiger partial charge in [-0.25, -0.2) is 9.78 Å². The third-order valence-electron chi connectivity index (χ3n) is 8.08. The lowest BCUT2D eigenvalue weighted by Gasteiger charge is -2.51. The van der Waals surface area contributed by atoms with Gasteiger partial charge in [0.1, 0.15) is 6.54 Å². The molecule has 2 N–H and O–H groups in total. The number of carbonyl (C=O) groups is 2. The molecule has 4 fully saturated rings. The number of nitrogens with zero attached hydrogens (tertiary/aromatic N) is 3. The molecule has 1 aromatic heterocycles. The molecule has 1 unspecified atom stereocenters. The number of rotatable bonds is 7. The molecule has 1 aromatic carbocycles. The van der Waals surface area contributed by atoms with Gasteiger partial charge in [-0.15, -0.1) is 0 Å². The van der Waals surface area contributed by atoms with Gasteiger partial charge in [0.05, 0.1) is 19.3 Å². The second kappa shape index (κ2) is 9.43. The second-order valence-electron chi connectivity index (χ2n) is 10.2. The molecule has 4 aliphatic rings. The standard InChI is InChI=1S/C26H32N4O4/c31-24(29-23-16-27-12-13-28-23)18-30-14-10-19(11-15-30)22(17-30)34-25(32)26(33,21-8-4-5-9-21)20-6-2-1-3-7-20/h1-3,6-7,12-13,16,19,21-22,33H,4-5,8-11,14-15,17-18H2/p+1/t19?,22-,26?,30?/m0/s1. The molecule has 0 spiro atoms. The molecular formula is C26H33N4O4+. The Bertz CT molecular complexity index is 1000. The SMILES string of the molecule is O=C(C[N+]12CCC(CC1)[C@@H](OC(=O)C(O)(c1ccccc1)C1CCCC1)C2)Nc1cnccn1. The fraction of sp³-hybridized carbons (Fsp3) is 0.538. The Kier molecular flexibility index (Phi) is 6.36. The van der Waals surface area contributed by atoms with Crippen LogP contribution in [0.1, 0.15) is 44.1 Å². The first-order valence-electron chi connectivity index (χ1n) is 12.4. The minimum absolute atomic E-state index is 0.113. The zero-order chi connectivity index (χ0) is 23.6. The number of nitrogens with one attached hydrogen (secondary N) is 1. The first-order chi connectivity index (χ1) is 16.5. The van der Waals surface area contributed by atoms with E-state index in [1.807, 2.05) is 30.3 Å². The first kappa shape index (κ1) is 22.9. The maximum Gasteiger partial charge on any atom is 0.343 e. The number of ether oxygens (including phenoxy) is 1. The summed E-state index contributed by atoms with van der Waals surface area (Å²) in [4.78, 5) is 34.5. The van der Waals surface area contributed by atoms with E-state index in [0.29, 0.717) is 29.0 Å². The molecule has 2 aromatic rings. The fourth-order valence-electron chi connectivity index (χ4n) is 6.21. The molecular weight excluding hydrogens is 432 g/mol. The Morgan fingerprint density at radius 3 is 2.50 bits per heavy atom. The first-order valence-corrected chi connectivity index (χ1v) is 12.4. The van der Waals surface area contributed by atoms with Crippen molar-refractivity contribution in [1.29, 1.82) is 0 Å². The topological polar surface area (TPSA) is 101 Å². The van der Waals surface area contributed by atoms with Gasteiger partial charge in [0.15, 0.2) is 24.1 Å². The van der Waals surface area contributed by atoms with E-state index < -0.39 is 11.6 Å². The molecule has 180 valence electrons. The summed E-state index contributed by atoms with van der Waals surface area (Å²) in [6.07, 6.45) is 9.81. The van der Waals surface area contributed by atoms with Crippen LogP contribution < -0.4 is 5.32 Å². The third-order valence-corrected chi connectivity index (χ3v) is 8.08. The Morgan fingerprint density at radius 1 is 1.09 bits per heavy atom. The fourth-order valence-corrected chi connectivity index (χ4v) is 6.21.